The summed E-state index contributed by atoms with van der Waals surface area (Å²) >= 11 is 0. The first-order chi connectivity index (χ1) is 11.1. The van der Waals surface area contributed by atoms with E-state index < -0.39 is 0 Å². The molecule has 114 valence electrons. The van der Waals surface area contributed by atoms with Crippen molar-refractivity contribution in [2.45, 2.75) is 13.8 Å². The number of hydrogen-bond donors (Lipinski definition) is 1. The van der Waals surface area contributed by atoms with Crippen LogP contribution in [-0.2, 0) is 4.79 Å². The Hall–Kier alpha value is -3.20. The van der Waals surface area contributed by atoms with Crippen LogP contribution in [0.1, 0.15) is 19.4 Å². The number of rotatable bonds is 3. The first-order valence-electron chi connectivity index (χ1n) is 7.25. The largest absolute Gasteiger partial charge is 0.309 e. The lowest BCUT2D eigenvalue weighted by Crippen LogP contribution is -2.20. The molecule has 0 fully saturated rings. The highest BCUT2D eigenvalue weighted by Gasteiger charge is 2.17. The van der Waals surface area contributed by atoms with E-state index in [0.29, 0.717) is 17.2 Å². The smallest absolute Gasteiger partial charge is 0.228 e. The Labute approximate surface area is 133 Å². The van der Waals surface area contributed by atoms with Crippen molar-refractivity contribution in [3.8, 4) is 11.9 Å². The maximum Gasteiger partial charge on any atom is 0.228 e. The third-order valence-electron chi connectivity index (χ3n) is 3.46. The van der Waals surface area contributed by atoms with Crippen LogP contribution in [0.15, 0.2) is 42.6 Å². The molecule has 0 saturated heterocycles. The van der Waals surface area contributed by atoms with Gasteiger partial charge in [0.1, 0.15) is 11.6 Å². The summed E-state index contributed by atoms with van der Waals surface area (Å²) in [7, 11) is 0. The summed E-state index contributed by atoms with van der Waals surface area (Å²) in [5.74, 6) is 0.511. The molecule has 0 saturated carbocycles. The maximum absolute atomic E-state index is 12.0. The van der Waals surface area contributed by atoms with Crippen LogP contribution in [0, 0.1) is 17.2 Å². The van der Waals surface area contributed by atoms with E-state index in [4.69, 9.17) is 0 Å². The Morgan fingerprint density at radius 1 is 1.26 bits per heavy atom. The van der Waals surface area contributed by atoms with Gasteiger partial charge < -0.3 is 5.32 Å². The summed E-state index contributed by atoms with van der Waals surface area (Å²) in [5, 5.41) is 17.2. The van der Waals surface area contributed by atoms with Gasteiger partial charge in [0.05, 0.1) is 11.7 Å². The number of nitrogens with one attached hydrogen (secondary N) is 1. The standard InChI is InChI=1S/C17H15N5O/c1-11(2)17(23)21-16-13(9-18)10-19-22(16)15-8-7-12-5-3-4-6-14(12)20-15/h3-8,10-11H,1-2H3,(H,21,23). The molecule has 0 bridgehead atoms. The molecule has 0 unspecified atom stereocenters. The second-order valence-electron chi connectivity index (χ2n) is 5.44. The van der Waals surface area contributed by atoms with Gasteiger partial charge in [0.2, 0.25) is 5.91 Å². The molecule has 0 aliphatic heterocycles. The number of carbonyl (C=O) groups is 1. The fraction of sp³-hybridized carbons (Fsp3) is 0.176. The molecular weight excluding hydrogens is 290 g/mol. The zero-order valence-corrected chi connectivity index (χ0v) is 12.8. The summed E-state index contributed by atoms with van der Waals surface area (Å²) in [6, 6.07) is 13.5. The highest BCUT2D eigenvalue weighted by molar-refractivity contribution is 5.92. The van der Waals surface area contributed by atoms with E-state index >= 15 is 0 Å². The molecule has 6 nitrogen and oxygen atoms in total. The Morgan fingerprint density at radius 3 is 2.78 bits per heavy atom. The molecule has 3 aromatic rings. The molecule has 0 atom stereocenters. The third kappa shape index (κ3) is 2.77. The van der Waals surface area contributed by atoms with Gasteiger partial charge in [-0.25, -0.2) is 4.98 Å². The molecule has 2 aromatic heterocycles. The van der Waals surface area contributed by atoms with E-state index in [1.54, 1.807) is 13.8 Å². The quantitative estimate of drug-likeness (QED) is 0.806. The van der Waals surface area contributed by atoms with Crippen molar-refractivity contribution < 1.29 is 4.79 Å². The highest BCUT2D eigenvalue weighted by atomic mass is 16.1. The Balaban J connectivity index is 2.09. The minimum atomic E-state index is -0.200. The van der Waals surface area contributed by atoms with E-state index in [0.717, 1.165) is 10.9 Å². The number of fused-ring (bicyclic) bond motifs is 1. The first-order valence-corrected chi connectivity index (χ1v) is 7.25. The SMILES string of the molecule is CC(C)C(=O)Nc1c(C#N)cnn1-c1ccc2ccccc2n1. The van der Waals surface area contributed by atoms with Crippen LogP contribution < -0.4 is 5.32 Å². The molecule has 0 spiro atoms. The number of pyridine rings is 1. The van der Waals surface area contributed by atoms with Crippen LogP contribution in [0.4, 0.5) is 5.82 Å². The Bertz CT molecular complexity index is 920. The van der Waals surface area contributed by atoms with Crippen LogP contribution in [0.5, 0.6) is 0 Å². The van der Waals surface area contributed by atoms with Crippen LogP contribution in [0.3, 0.4) is 0 Å². The topological polar surface area (TPSA) is 83.6 Å². The monoisotopic (exact) mass is 305 g/mol. The zero-order valence-electron chi connectivity index (χ0n) is 12.8. The second kappa shape index (κ2) is 5.89. The van der Waals surface area contributed by atoms with Gasteiger partial charge in [-0.1, -0.05) is 32.0 Å². The average molecular weight is 305 g/mol. The fourth-order valence-corrected chi connectivity index (χ4v) is 2.16. The Morgan fingerprint density at radius 2 is 2.04 bits per heavy atom. The molecule has 0 aliphatic carbocycles. The second-order valence-corrected chi connectivity index (χ2v) is 5.44. The predicted octanol–water partition coefficient (Wildman–Crippen LogP) is 2.89. The number of aromatic nitrogens is 3. The molecule has 1 N–H and O–H groups in total. The van der Waals surface area contributed by atoms with E-state index in [9.17, 15) is 10.1 Å². The molecule has 1 amide bonds. The van der Waals surface area contributed by atoms with Crippen molar-refractivity contribution in [3.05, 3.63) is 48.2 Å². The highest BCUT2D eigenvalue weighted by Crippen LogP contribution is 2.21. The van der Waals surface area contributed by atoms with Crippen LogP contribution in [-0.4, -0.2) is 20.7 Å². The van der Waals surface area contributed by atoms with E-state index in [1.807, 2.05) is 42.5 Å². The maximum atomic E-state index is 12.0. The molecule has 3 rings (SSSR count). The van der Waals surface area contributed by atoms with Gasteiger partial charge in [0.25, 0.3) is 0 Å². The Kier molecular flexibility index (Phi) is 3.77. The summed E-state index contributed by atoms with van der Waals surface area (Å²) in [5.41, 5.74) is 1.12. The van der Waals surface area contributed by atoms with Crippen molar-refractivity contribution in [2.24, 2.45) is 5.92 Å². The van der Waals surface area contributed by atoms with Gasteiger partial charge in [-0.2, -0.15) is 15.0 Å². The van der Waals surface area contributed by atoms with Crippen molar-refractivity contribution in [1.82, 2.24) is 14.8 Å². The fourth-order valence-electron chi connectivity index (χ4n) is 2.16. The normalized spacial score (nSPS) is 10.7. The molecular formula is C17H15N5O. The van der Waals surface area contributed by atoms with Gasteiger partial charge >= 0.3 is 0 Å². The van der Waals surface area contributed by atoms with Crippen molar-refractivity contribution >= 4 is 22.6 Å². The molecule has 1 aromatic carbocycles. The lowest BCUT2D eigenvalue weighted by atomic mass is 10.2. The predicted molar refractivity (Wildman–Crippen MR) is 87.0 cm³/mol. The van der Waals surface area contributed by atoms with Gasteiger partial charge in [-0.3, -0.25) is 4.79 Å². The lowest BCUT2D eigenvalue weighted by molar-refractivity contribution is -0.118. The number of nitrogens with zero attached hydrogens (tertiary/aromatic N) is 4. The van der Waals surface area contributed by atoms with Gasteiger partial charge in [-0.05, 0) is 18.2 Å². The average Bonchev–Trinajstić information content (AvgIpc) is 2.97. The number of para-hydroxylation sites is 1. The van der Waals surface area contributed by atoms with Gasteiger partial charge in [0.15, 0.2) is 11.6 Å². The number of carbonyl (C=O) groups excluding carboxylic acids is 1. The number of benzene rings is 1. The number of hydrogen-bond acceptors (Lipinski definition) is 4. The molecule has 2 heterocycles. The zero-order chi connectivity index (χ0) is 16.4. The van der Waals surface area contributed by atoms with E-state index in [-0.39, 0.29) is 11.8 Å². The minimum Gasteiger partial charge on any atom is -0.309 e. The lowest BCUT2D eigenvalue weighted by Gasteiger charge is -2.11. The number of nitriles is 1. The summed E-state index contributed by atoms with van der Waals surface area (Å²) in [6.07, 6.45) is 1.42. The number of amides is 1. The molecule has 0 aliphatic rings. The van der Waals surface area contributed by atoms with Crippen LogP contribution in [0.25, 0.3) is 16.7 Å². The van der Waals surface area contributed by atoms with E-state index in [2.05, 4.69) is 15.4 Å². The summed E-state index contributed by atoms with van der Waals surface area (Å²) in [6.45, 7) is 3.58. The third-order valence-corrected chi connectivity index (χ3v) is 3.46. The first kappa shape index (κ1) is 14.7. The minimum absolute atomic E-state index is 0.177. The van der Waals surface area contributed by atoms with Crippen LogP contribution >= 0.6 is 0 Å². The summed E-state index contributed by atoms with van der Waals surface area (Å²) in [4.78, 5) is 16.5. The van der Waals surface area contributed by atoms with Crippen molar-refractivity contribution in [3.63, 3.8) is 0 Å². The van der Waals surface area contributed by atoms with Crippen LogP contribution in [0.2, 0.25) is 0 Å². The van der Waals surface area contributed by atoms with Crippen molar-refractivity contribution in [1.29, 1.82) is 5.26 Å². The van der Waals surface area contributed by atoms with E-state index in [1.165, 1.54) is 10.9 Å². The molecule has 23 heavy (non-hydrogen) atoms. The van der Waals surface area contributed by atoms with Gasteiger partial charge in [0, 0.05) is 11.3 Å². The molecule has 6 heteroatoms. The number of anilines is 1. The molecule has 0 radical (unpaired) electrons. The van der Waals surface area contributed by atoms with Gasteiger partial charge in [-0.15, -0.1) is 0 Å². The summed E-state index contributed by atoms with van der Waals surface area (Å²) < 4.78 is 1.48. The van der Waals surface area contributed by atoms with Crippen molar-refractivity contribution in [2.75, 3.05) is 5.32 Å².